The molecule has 1 saturated carbocycles. The Labute approximate surface area is 194 Å². The zero-order valence-corrected chi connectivity index (χ0v) is 20.0. The molecular formula is C25H32N4O2S. The number of rotatable bonds is 8. The Morgan fingerprint density at radius 2 is 1.81 bits per heavy atom. The number of nitrogens with zero attached hydrogens (tertiary/aromatic N) is 3. The molecule has 1 aromatic heterocycles. The van der Waals surface area contributed by atoms with Gasteiger partial charge >= 0.3 is 0 Å². The summed E-state index contributed by atoms with van der Waals surface area (Å²) in [6, 6.07) is 13.3. The van der Waals surface area contributed by atoms with Crippen molar-refractivity contribution >= 4 is 38.3 Å². The number of fused-ring (bicyclic) bond motifs is 1. The number of benzene rings is 2. The van der Waals surface area contributed by atoms with Crippen LogP contribution in [0.25, 0.3) is 10.2 Å². The van der Waals surface area contributed by atoms with Gasteiger partial charge in [-0.15, -0.1) is 0 Å². The van der Waals surface area contributed by atoms with Gasteiger partial charge in [-0.3, -0.25) is 4.79 Å². The van der Waals surface area contributed by atoms with Crippen LogP contribution in [0.2, 0.25) is 0 Å². The Kier molecular flexibility index (Phi) is 7.27. The highest BCUT2D eigenvalue weighted by atomic mass is 32.1. The maximum atomic E-state index is 12.7. The third-order valence-electron chi connectivity index (χ3n) is 5.82. The van der Waals surface area contributed by atoms with Crippen molar-refractivity contribution in [3.05, 3.63) is 48.0 Å². The summed E-state index contributed by atoms with van der Waals surface area (Å²) in [5.74, 6) is 0.715. The fourth-order valence-corrected chi connectivity index (χ4v) is 4.85. The van der Waals surface area contributed by atoms with Crippen molar-refractivity contribution < 1.29 is 9.53 Å². The second kappa shape index (κ2) is 10.3. The van der Waals surface area contributed by atoms with Crippen LogP contribution < -0.4 is 15.0 Å². The number of hydrogen-bond donors (Lipinski definition) is 1. The van der Waals surface area contributed by atoms with E-state index in [9.17, 15) is 4.79 Å². The normalized spacial score (nSPS) is 14.6. The SMILES string of the molecule is CN(C)CCN(C)c1nc2ccc(NC(=O)c3ccc(OC4CCCCC4)cc3)cc2s1. The monoisotopic (exact) mass is 452 g/mol. The van der Waals surface area contributed by atoms with Crippen LogP contribution in [0.5, 0.6) is 5.75 Å². The molecule has 1 N–H and O–H groups in total. The number of amides is 1. The van der Waals surface area contributed by atoms with E-state index in [0.717, 1.165) is 52.7 Å². The van der Waals surface area contributed by atoms with Gasteiger partial charge in [0, 0.05) is 31.4 Å². The summed E-state index contributed by atoms with van der Waals surface area (Å²) in [4.78, 5) is 21.8. The summed E-state index contributed by atoms with van der Waals surface area (Å²) in [6.45, 7) is 1.88. The molecule has 0 unspecified atom stereocenters. The fourth-order valence-electron chi connectivity index (χ4n) is 3.86. The minimum atomic E-state index is -0.124. The topological polar surface area (TPSA) is 57.7 Å². The van der Waals surface area contributed by atoms with E-state index in [4.69, 9.17) is 9.72 Å². The lowest BCUT2D eigenvalue weighted by molar-refractivity contribution is 0.102. The van der Waals surface area contributed by atoms with Gasteiger partial charge in [-0.25, -0.2) is 4.98 Å². The van der Waals surface area contributed by atoms with Gasteiger partial charge in [-0.1, -0.05) is 17.8 Å². The number of carbonyl (C=O) groups is 1. The smallest absolute Gasteiger partial charge is 0.255 e. The van der Waals surface area contributed by atoms with Crippen molar-refractivity contribution in [1.29, 1.82) is 0 Å². The largest absolute Gasteiger partial charge is 0.490 e. The van der Waals surface area contributed by atoms with E-state index in [1.54, 1.807) is 11.3 Å². The van der Waals surface area contributed by atoms with Crippen LogP contribution in [0, 0.1) is 0 Å². The van der Waals surface area contributed by atoms with Gasteiger partial charge in [-0.2, -0.15) is 0 Å². The van der Waals surface area contributed by atoms with E-state index in [1.807, 2.05) is 42.5 Å². The summed E-state index contributed by atoms with van der Waals surface area (Å²) >= 11 is 1.64. The van der Waals surface area contributed by atoms with E-state index in [0.29, 0.717) is 11.7 Å². The number of likely N-dealkylation sites (N-methyl/N-ethyl adjacent to an activating group) is 2. The second-order valence-electron chi connectivity index (χ2n) is 8.76. The quantitative estimate of drug-likeness (QED) is 0.505. The van der Waals surface area contributed by atoms with E-state index in [1.165, 1.54) is 19.3 Å². The summed E-state index contributed by atoms with van der Waals surface area (Å²) in [5, 5.41) is 3.99. The molecule has 6 nitrogen and oxygen atoms in total. The Hall–Kier alpha value is -2.64. The Balaban J connectivity index is 1.38. The molecule has 1 aliphatic carbocycles. The van der Waals surface area contributed by atoms with Crippen LogP contribution in [-0.2, 0) is 0 Å². The van der Waals surface area contributed by atoms with Crippen molar-refractivity contribution in [2.24, 2.45) is 0 Å². The maximum absolute atomic E-state index is 12.7. The number of aromatic nitrogens is 1. The van der Waals surface area contributed by atoms with Gasteiger partial charge in [0.05, 0.1) is 16.3 Å². The van der Waals surface area contributed by atoms with Crippen LogP contribution in [0.1, 0.15) is 42.5 Å². The standard InChI is InChI=1S/C25H32N4O2S/c1-28(2)15-16-29(3)25-27-22-14-11-19(17-23(22)32-25)26-24(30)18-9-12-21(13-10-18)31-20-7-5-4-6-8-20/h9-14,17,20H,4-8,15-16H2,1-3H3,(H,26,30). The number of ether oxygens (including phenoxy) is 1. The highest BCUT2D eigenvalue weighted by Gasteiger charge is 2.15. The van der Waals surface area contributed by atoms with Crippen LogP contribution in [0.3, 0.4) is 0 Å². The lowest BCUT2D eigenvalue weighted by atomic mass is 9.98. The Morgan fingerprint density at radius 3 is 2.53 bits per heavy atom. The number of anilines is 2. The van der Waals surface area contributed by atoms with Crippen molar-refractivity contribution in [1.82, 2.24) is 9.88 Å². The third kappa shape index (κ3) is 5.78. The zero-order chi connectivity index (χ0) is 22.5. The number of carbonyl (C=O) groups excluding carboxylic acids is 1. The van der Waals surface area contributed by atoms with E-state index < -0.39 is 0 Å². The highest BCUT2D eigenvalue weighted by Crippen LogP contribution is 2.30. The second-order valence-corrected chi connectivity index (χ2v) is 9.77. The first-order chi connectivity index (χ1) is 15.5. The molecule has 2 aromatic carbocycles. The molecule has 1 heterocycles. The molecule has 1 aliphatic rings. The summed E-state index contributed by atoms with van der Waals surface area (Å²) in [5.41, 5.74) is 2.34. The van der Waals surface area contributed by atoms with Crippen molar-refractivity contribution in [2.45, 2.75) is 38.2 Å². The first-order valence-electron chi connectivity index (χ1n) is 11.3. The lowest BCUT2D eigenvalue weighted by Gasteiger charge is -2.23. The average Bonchev–Trinajstić information content (AvgIpc) is 3.22. The highest BCUT2D eigenvalue weighted by molar-refractivity contribution is 7.22. The van der Waals surface area contributed by atoms with E-state index >= 15 is 0 Å². The molecule has 32 heavy (non-hydrogen) atoms. The minimum Gasteiger partial charge on any atom is -0.490 e. The van der Waals surface area contributed by atoms with E-state index in [2.05, 4.69) is 36.3 Å². The fraction of sp³-hybridized carbons (Fsp3) is 0.440. The van der Waals surface area contributed by atoms with Gasteiger partial charge in [0.25, 0.3) is 5.91 Å². The number of hydrogen-bond acceptors (Lipinski definition) is 6. The Bertz CT molecular complexity index is 1040. The van der Waals surface area contributed by atoms with Crippen molar-refractivity contribution in [3.63, 3.8) is 0 Å². The first-order valence-corrected chi connectivity index (χ1v) is 12.1. The summed E-state index contributed by atoms with van der Waals surface area (Å²) < 4.78 is 7.13. The zero-order valence-electron chi connectivity index (χ0n) is 19.1. The van der Waals surface area contributed by atoms with Crippen molar-refractivity contribution in [2.75, 3.05) is 44.4 Å². The summed E-state index contributed by atoms with van der Waals surface area (Å²) in [6.07, 6.45) is 6.33. The molecule has 0 saturated heterocycles. The maximum Gasteiger partial charge on any atom is 0.255 e. The molecule has 170 valence electrons. The molecule has 7 heteroatoms. The van der Waals surface area contributed by atoms with Crippen LogP contribution in [0.4, 0.5) is 10.8 Å². The van der Waals surface area contributed by atoms with Gasteiger partial charge in [0.2, 0.25) is 0 Å². The van der Waals surface area contributed by atoms with Gasteiger partial charge in [-0.05, 0) is 82.2 Å². The Morgan fingerprint density at radius 1 is 1.06 bits per heavy atom. The van der Waals surface area contributed by atoms with Gasteiger partial charge in [0.1, 0.15) is 5.75 Å². The molecule has 1 fully saturated rings. The van der Waals surface area contributed by atoms with Crippen LogP contribution >= 0.6 is 11.3 Å². The molecule has 4 rings (SSSR count). The molecule has 0 spiro atoms. The number of nitrogens with one attached hydrogen (secondary N) is 1. The minimum absolute atomic E-state index is 0.124. The molecule has 0 aliphatic heterocycles. The first kappa shape index (κ1) is 22.6. The molecule has 0 bridgehead atoms. The molecule has 3 aromatic rings. The third-order valence-corrected chi connectivity index (χ3v) is 6.95. The molecule has 1 amide bonds. The van der Waals surface area contributed by atoms with Crippen LogP contribution in [-0.4, -0.2) is 56.1 Å². The number of thiazole rings is 1. The van der Waals surface area contributed by atoms with Crippen LogP contribution in [0.15, 0.2) is 42.5 Å². The van der Waals surface area contributed by atoms with Gasteiger partial charge in [0.15, 0.2) is 5.13 Å². The lowest BCUT2D eigenvalue weighted by Crippen LogP contribution is -2.28. The molecule has 0 radical (unpaired) electrons. The van der Waals surface area contributed by atoms with Gasteiger partial charge < -0.3 is 19.9 Å². The van der Waals surface area contributed by atoms with Crippen molar-refractivity contribution in [3.8, 4) is 5.75 Å². The molecular weight excluding hydrogens is 420 g/mol. The van der Waals surface area contributed by atoms with E-state index in [-0.39, 0.29) is 5.91 Å². The average molecular weight is 453 g/mol. The predicted molar refractivity (Wildman–Crippen MR) is 133 cm³/mol. The predicted octanol–water partition coefficient (Wildman–Crippen LogP) is 5.26. The summed E-state index contributed by atoms with van der Waals surface area (Å²) in [7, 11) is 6.20. The molecule has 0 atom stereocenters.